The van der Waals surface area contributed by atoms with Crippen LogP contribution in [0.5, 0.6) is 0 Å². The molecule has 0 saturated carbocycles. The van der Waals surface area contributed by atoms with Crippen LogP contribution in [0.2, 0.25) is 0 Å². The van der Waals surface area contributed by atoms with Crippen molar-refractivity contribution in [3.63, 3.8) is 0 Å². The third-order valence-electron chi connectivity index (χ3n) is 3.40. The Morgan fingerprint density at radius 3 is 2.83 bits per heavy atom. The van der Waals surface area contributed by atoms with Crippen LogP contribution in [0, 0.1) is 19.8 Å². The first-order valence-electron chi connectivity index (χ1n) is 6.28. The first-order valence-corrected chi connectivity index (χ1v) is 6.28. The summed E-state index contributed by atoms with van der Waals surface area (Å²) in [6, 6.07) is 6.06. The second kappa shape index (κ2) is 5.40. The standard InChI is InChI=1S/C14H20N2O2/c1-10-4-5-13(6-11(10)2)16-8-12(7-15-3)9-18-14(16)17/h4-6,12,15H,7-9H2,1-3H3. The average Bonchev–Trinajstić information content (AvgIpc) is 2.35. The zero-order valence-corrected chi connectivity index (χ0v) is 11.2. The fourth-order valence-electron chi connectivity index (χ4n) is 2.17. The maximum atomic E-state index is 11.8. The third kappa shape index (κ3) is 2.64. The summed E-state index contributed by atoms with van der Waals surface area (Å²) in [6.07, 6.45) is -0.245. The van der Waals surface area contributed by atoms with E-state index in [0.29, 0.717) is 19.1 Å². The van der Waals surface area contributed by atoms with E-state index in [4.69, 9.17) is 4.74 Å². The Morgan fingerprint density at radius 2 is 2.17 bits per heavy atom. The van der Waals surface area contributed by atoms with Crippen molar-refractivity contribution in [2.24, 2.45) is 5.92 Å². The molecule has 0 bridgehead atoms. The Labute approximate surface area is 108 Å². The lowest BCUT2D eigenvalue weighted by atomic mass is 10.1. The number of aryl methyl sites for hydroxylation is 2. The van der Waals surface area contributed by atoms with Crippen molar-refractivity contribution in [1.29, 1.82) is 0 Å². The van der Waals surface area contributed by atoms with Gasteiger partial charge < -0.3 is 10.1 Å². The zero-order valence-electron chi connectivity index (χ0n) is 11.2. The van der Waals surface area contributed by atoms with Gasteiger partial charge in [-0.3, -0.25) is 4.90 Å². The molecule has 1 unspecified atom stereocenters. The van der Waals surface area contributed by atoms with Crippen molar-refractivity contribution in [2.45, 2.75) is 13.8 Å². The summed E-state index contributed by atoms with van der Waals surface area (Å²) >= 11 is 0. The van der Waals surface area contributed by atoms with Crippen LogP contribution in [0.15, 0.2) is 18.2 Å². The predicted octanol–water partition coefficient (Wildman–Crippen LogP) is 2.10. The fraction of sp³-hybridized carbons (Fsp3) is 0.500. The molecule has 4 nitrogen and oxygen atoms in total. The third-order valence-corrected chi connectivity index (χ3v) is 3.40. The minimum atomic E-state index is -0.245. The number of carbonyl (C=O) groups is 1. The highest BCUT2D eigenvalue weighted by molar-refractivity contribution is 5.88. The van der Waals surface area contributed by atoms with Gasteiger partial charge in [0.25, 0.3) is 0 Å². The highest BCUT2D eigenvalue weighted by Gasteiger charge is 2.27. The lowest BCUT2D eigenvalue weighted by Crippen LogP contribution is -2.46. The van der Waals surface area contributed by atoms with Crippen LogP contribution in [0.3, 0.4) is 0 Å². The van der Waals surface area contributed by atoms with Crippen molar-refractivity contribution in [1.82, 2.24) is 5.32 Å². The van der Waals surface area contributed by atoms with E-state index in [0.717, 1.165) is 12.2 Å². The van der Waals surface area contributed by atoms with Gasteiger partial charge in [-0.05, 0) is 44.2 Å². The van der Waals surface area contributed by atoms with E-state index in [2.05, 4.69) is 19.2 Å². The second-order valence-corrected chi connectivity index (χ2v) is 4.88. The second-order valence-electron chi connectivity index (χ2n) is 4.88. The topological polar surface area (TPSA) is 41.6 Å². The maximum Gasteiger partial charge on any atom is 0.414 e. The molecule has 1 fully saturated rings. The maximum absolute atomic E-state index is 11.8. The van der Waals surface area contributed by atoms with E-state index >= 15 is 0 Å². The summed E-state index contributed by atoms with van der Waals surface area (Å²) < 4.78 is 5.23. The predicted molar refractivity (Wildman–Crippen MR) is 72.0 cm³/mol. The van der Waals surface area contributed by atoms with Gasteiger partial charge in [-0.2, -0.15) is 0 Å². The van der Waals surface area contributed by atoms with Crippen LogP contribution in [-0.2, 0) is 4.74 Å². The smallest absolute Gasteiger partial charge is 0.414 e. The highest BCUT2D eigenvalue weighted by atomic mass is 16.6. The van der Waals surface area contributed by atoms with Crippen molar-refractivity contribution in [3.8, 4) is 0 Å². The summed E-state index contributed by atoms with van der Waals surface area (Å²) in [4.78, 5) is 13.5. The van der Waals surface area contributed by atoms with E-state index in [1.165, 1.54) is 11.1 Å². The first-order chi connectivity index (χ1) is 8.61. The molecule has 1 aromatic rings. The molecule has 0 spiro atoms. The molecule has 4 heteroatoms. The molecule has 1 saturated heterocycles. The van der Waals surface area contributed by atoms with Gasteiger partial charge in [-0.25, -0.2) is 4.79 Å². The van der Waals surface area contributed by atoms with Gasteiger partial charge in [0, 0.05) is 24.7 Å². The van der Waals surface area contributed by atoms with Crippen LogP contribution in [0.25, 0.3) is 0 Å². The Morgan fingerprint density at radius 1 is 1.39 bits per heavy atom. The molecule has 0 radical (unpaired) electrons. The molecular weight excluding hydrogens is 228 g/mol. The number of cyclic esters (lactones) is 1. The number of hydrogen-bond acceptors (Lipinski definition) is 3. The Hall–Kier alpha value is -1.55. The Kier molecular flexibility index (Phi) is 3.87. The lowest BCUT2D eigenvalue weighted by Gasteiger charge is -2.32. The number of hydrogen-bond donors (Lipinski definition) is 1. The van der Waals surface area contributed by atoms with Crippen molar-refractivity contribution >= 4 is 11.8 Å². The molecular formula is C14H20N2O2. The normalized spacial score (nSPS) is 19.8. The van der Waals surface area contributed by atoms with Crippen molar-refractivity contribution < 1.29 is 9.53 Å². The number of nitrogens with zero attached hydrogens (tertiary/aromatic N) is 1. The summed E-state index contributed by atoms with van der Waals surface area (Å²) in [5.41, 5.74) is 3.34. The van der Waals surface area contributed by atoms with Gasteiger partial charge in [0.1, 0.15) is 0 Å². The molecule has 1 atom stereocenters. The molecule has 0 aromatic heterocycles. The van der Waals surface area contributed by atoms with E-state index in [1.807, 2.05) is 25.2 Å². The molecule has 1 N–H and O–H groups in total. The zero-order chi connectivity index (χ0) is 13.1. The molecule has 2 rings (SSSR count). The molecule has 1 amide bonds. The van der Waals surface area contributed by atoms with E-state index < -0.39 is 0 Å². The largest absolute Gasteiger partial charge is 0.449 e. The SMILES string of the molecule is CNCC1COC(=O)N(c2ccc(C)c(C)c2)C1. The van der Waals surface area contributed by atoms with Gasteiger partial charge in [-0.15, -0.1) is 0 Å². The van der Waals surface area contributed by atoms with E-state index in [1.54, 1.807) is 4.90 Å². The summed E-state index contributed by atoms with van der Waals surface area (Å²) in [7, 11) is 1.91. The van der Waals surface area contributed by atoms with Gasteiger partial charge >= 0.3 is 6.09 Å². The van der Waals surface area contributed by atoms with E-state index in [-0.39, 0.29) is 6.09 Å². The molecule has 1 aliphatic rings. The van der Waals surface area contributed by atoms with Crippen LogP contribution in [-0.4, -0.2) is 32.8 Å². The van der Waals surface area contributed by atoms with Gasteiger partial charge in [0.2, 0.25) is 0 Å². The number of benzene rings is 1. The number of rotatable bonds is 3. The number of carbonyl (C=O) groups excluding carboxylic acids is 1. The fourth-order valence-corrected chi connectivity index (χ4v) is 2.17. The summed E-state index contributed by atoms with van der Waals surface area (Å²) in [5.74, 6) is 0.342. The van der Waals surface area contributed by atoms with Crippen LogP contribution >= 0.6 is 0 Å². The van der Waals surface area contributed by atoms with Crippen molar-refractivity contribution in [3.05, 3.63) is 29.3 Å². The molecule has 1 aromatic carbocycles. The minimum absolute atomic E-state index is 0.245. The summed E-state index contributed by atoms with van der Waals surface area (Å²) in [5, 5.41) is 3.13. The van der Waals surface area contributed by atoms with Gasteiger partial charge in [-0.1, -0.05) is 6.07 Å². The van der Waals surface area contributed by atoms with Crippen LogP contribution in [0.1, 0.15) is 11.1 Å². The molecule has 1 heterocycles. The Balaban J connectivity index is 2.18. The highest BCUT2D eigenvalue weighted by Crippen LogP contribution is 2.23. The monoisotopic (exact) mass is 248 g/mol. The lowest BCUT2D eigenvalue weighted by molar-refractivity contribution is 0.115. The summed E-state index contributed by atoms with van der Waals surface area (Å²) in [6.45, 7) is 6.19. The number of ether oxygens (including phenoxy) is 1. The van der Waals surface area contributed by atoms with E-state index in [9.17, 15) is 4.79 Å². The molecule has 18 heavy (non-hydrogen) atoms. The molecule has 1 aliphatic heterocycles. The van der Waals surface area contributed by atoms with Gasteiger partial charge in [0.15, 0.2) is 0 Å². The molecule has 0 aliphatic carbocycles. The molecule has 98 valence electrons. The Bertz CT molecular complexity index is 445. The number of anilines is 1. The minimum Gasteiger partial charge on any atom is -0.449 e. The first kappa shape index (κ1) is 12.9. The van der Waals surface area contributed by atoms with Crippen molar-refractivity contribution in [2.75, 3.05) is 31.6 Å². The quantitative estimate of drug-likeness (QED) is 0.890. The van der Waals surface area contributed by atoms with Gasteiger partial charge in [0.05, 0.1) is 6.61 Å². The number of amides is 1. The average molecular weight is 248 g/mol. The van der Waals surface area contributed by atoms with Crippen LogP contribution < -0.4 is 10.2 Å². The van der Waals surface area contributed by atoms with Crippen LogP contribution in [0.4, 0.5) is 10.5 Å². The number of nitrogens with one attached hydrogen (secondary N) is 1.